The Balaban J connectivity index is 1.71. The normalized spacial score (nSPS) is 18.2. The molecule has 1 amide bonds. The van der Waals surface area contributed by atoms with E-state index in [1.807, 2.05) is 17.9 Å². The monoisotopic (exact) mass is 273 g/mol. The standard InChI is InChI=1S/C16H23N3O/c1-12-9-13-5-8-19(15(13)10-14(12)17)11-16(20)18-6-3-2-4-7-18/h9-10H,2-8,11,17H2,1H3. The Morgan fingerprint density at radius 3 is 2.70 bits per heavy atom. The maximum absolute atomic E-state index is 12.4. The van der Waals surface area contributed by atoms with Crippen LogP contribution in [0.4, 0.5) is 11.4 Å². The molecule has 0 aliphatic carbocycles. The van der Waals surface area contributed by atoms with Crippen molar-refractivity contribution in [2.75, 3.05) is 36.8 Å². The average Bonchev–Trinajstić information content (AvgIpc) is 2.83. The summed E-state index contributed by atoms with van der Waals surface area (Å²) in [5.74, 6) is 0.261. The number of carbonyl (C=O) groups is 1. The Kier molecular flexibility index (Phi) is 3.55. The molecule has 0 radical (unpaired) electrons. The van der Waals surface area contributed by atoms with Gasteiger partial charge in [0.25, 0.3) is 0 Å². The number of fused-ring (bicyclic) bond motifs is 1. The fourth-order valence-corrected chi connectivity index (χ4v) is 3.21. The molecule has 0 atom stereocenters. The molecule has 0 unspecified atom stereocenters. The Hall–Kier alpha value is -1.71. The van der Waals surface area contributed by atoms with Gasteiger partial charge in [-0.05, 0) is 49.8 Å². The molecule has 2 aliphatic heterocycles. The molecule has 4 nitrogen and oxygen atoms in total. The number of rotatable bonds is 2. The van der Waals surface area contributed by atoms with E-state index >= 15 is 0 Å². The van der Waals surface area contributed by atoms with Gasteiger partial charge in [0.1, 0.15) is 0 Å². The van der Waals surface area contributed by atoms with Crippen LogP contribution in [0, 0.1) is 6.92 Å². The number of likely N-dealkylation sites (tertiary alicyclic amines) is 1. The molecule has 2 heterocycles. The molecule has 1 aromatic rings. The summed E-state index contributed by atoms with van der Waals surface area (Å²) in [7, 11) is 0. The number of piperidine rings is 1. The molecule has 1 fully saturated rings. The molecule has 20 heavy (non-hydrogen) atoms. The fourth-order valence-electron chi connectivity index (χ4n) is 3.21. The van der Waals surface area contributed by atoms with Gasteiger partial charge in [-0.1, -0.05) is 6.07 Å². The third-order valence-electron chi connectivity index (χ3n) is 4.49. The lowest BCUT2D eigenvalue weighted by Gasteiger charge is -2.29. The van der Waals surface area contributed by atoms with E-state index in [4.69, 9.17) is 5.73 Å². The molecule has 0 aromatic heterocycles. The van der Waals surface area contributed by atoms with Crippen molar-refractivity contribution in [2.24, 2.45) is 0 Å². The van der Waals surface area contributed by atoms with E-state index in [2.05, 4.69) is 11.0 Å². The molecule has 2 N–H and O–H groups in total. The second-order valence-corrected chi connectivity index (χ2v) is 5.95. The molecule has 0 spiro atoms. The first-order chi connectivity index (χ1) is 9.65. The highest BCUT2D eigenvalue weighted by Crippen LogP contribution is 2.31. The van der Waals surface area contributed by atoms with Gasteiger partial charge in [0.15, 0.2) is 0 Å². The van der Waals surface area contributed by atoms with Crippen molar-refractivity contribution in [1.29, 1.82) is 0 Å². The Morgan fingerprint density at radius 2 is 1.95 bits per heavy atom. The van der Waals surface area contributed by atoms with Crippen LogP contribution in [0.25, 0.3) is 0 Å². The van der Waals surface area contributed by atoms with Gasteiger partial charge in [-0.25, -0.2) is 0 Å². The van der Waals surface area contributed by atoms with E-state index in [0.29, 0.717) is 6.54 Å². The fraction of sp³-hybridized carbons (Fsp3) is 0.562. The van der Waals surface area contributed by atoms with Crippen LogP contribution in [-0.2, 0) is 11.2 Å². The molecule has 2 aliphatic rings. The maximum Gasteiger partial charge on any atom is 0.242 e. The zero-order valence-electron chi connectivity index (χ0n) is 12.2. The molecule has 3 rings (SSSR count). The number of hydrogen-bond donors (Lipinski definition) is 1. The maximum atomic E-state index is 12.4. The smallest absolute Gasteiger partial charge is 0.242 e. The predicted octanol–water partition coefficient (Wildman–Crippen LogP) is 1.95. The summed E-state index contributed by atoms with van der Waals surface area (Å²) in [5.41, 5.74) is 10.4. The van der Waals surface area contributed by atoms with Crippen LogP contribution in [0.3, 0.4) is 0 Å². The summed E-state index contributed by atoms with van der Waals surface area (Å²) in [5, 5.41) is 0. The zero-order chi connectivity index (χ0) is 14.1. The van der Waals surface area contributed by atoms with Crippen molar-refractivity contribution in [3.05, 3.63) is 23.3 Å². The van der Waals surface area contributed by atoms with Crippen molar-refractivity contribution in [1.82, 2.24) is 4.90 Å². The SMILES string of the molecule is Cc1cc2c(cc1N)N(CC(=O)N1CCCCC1)CC2. The lowest BCUT2D eigenvalue weighted by atomic mass is 10.1. The largest absolute Gasteiger partial charge is 0.398 e. The minimum Gasteiger partial charge on any atom is -0.398 e. The molecular weight excluding hydrogens is 250 g/mol. The summed E-state index contributed by atoms with van der Waals surface area (Å²) >= 11 is 0. The van der Waals surface area contributed by atoms with Crippen LogP contribution in [-0.4, -0.2) is 37.0 Å². The van der Waals surface area contributed by atoms with Crippen LogP contribution in [0.2, 0.25) is 0 Å². The van der Waals surface area contributed by atoms with Crippen molar-refractivity contribution in [3.63, 3.8) is 0 Å². The third-order valence-corrected chi connectivity index (χ3v) is 4.49. The van der Waals surface area contributed by atoms with Gasteiger partial charge in [-0.15, -0.1) is 0 Å². The molecule has 0 saturated carbocycles. The third kappa shape index (κ3) is 2.47. The second kappa shape index (κ2) is 5.35. The quantitative estimate of drug-likeness (QED) is 0.838. The number of nitrogens with two attached hydrogens (primary N) is 1. The lowest BCUT2D eigenvalue weighted by molar-refractivity contribution is -0.130. The van der Waals surface area contributed by atoms with Crippen molar-refractivity contribution >= 4 is 17.3 Å². The second-order valence-electron chi connectivity index (χ2n) is 5.95. The topological polar surface area (TPSA) is 49.6 Å². The molecule has 0 bridgehead atoms. The van der Waals surface area contributed by atoms with Gasteiger partial charge in [0.2, 0.25) is 5.91 Å². The molecule has 1 saturated heterocycles. The number of amides is 1. The number of nitrogen functional groups attached to an aromatic ring is 1. The lowest BCUT2D eigenvalue weighted by Crippen LogP contribution is -2.42. The van der Waals surface area contributed by atoms with Gasteiger partial charge >= 0.3 is 0 Å². The summed E-state index contributed by atoms with van der Waals surface area (Å²) in [6.07, 6.45) is 4.57. The van der Waals surface area contributed by atoms with Gasteiger partial charge in [0.05, 0.1) is 6.54 Å². The molecule has 108 valence electrons. The van der Waals surface area contributed by atoms with Crippen LogP contribution in [0.1, 0.15) is 30.4 Å². The molecule has 4 heteroatoms. The van der Waals surface area contributed by atoms with Crippen LogP contribution >= 0.6 is 0 Å². The summed E-state index contributed by atoms with van der Waals surface area (Å²) < 4.78 is 0. The van der Waals surface area contributed by atoms with Crippen molar-refractivity contribution < 1.29 is 4.79 Å². The minimum absolute atomic E-state index is 0.261. The highest BCUT2D eigenvalue weighted by molar-refractivity contribution is 5.83. The summed E-state index contributed by atoms with van der Waals surface area (Å²) in [4.78, 5) is 16.6. The van der Waals surface area contributed by atoms with E-state index in [0.717, 1.165) is 55.8 Å². The summed E-state index contributed by atoms with van der Waals surface area (Å²) in [6, 6.07) is 4.19. The van der Waals surface area contributed by atoms with Crippen molar-refractivity contribution in [2.45, 2.75) is 32.6 Å². The number of benzene rings is 1. The minimum atomic E-state index is 0.261. The number of nitrogens with zero attached hydrogens (tertiary/aromatic N) is 2. The van der Waals surface area contributed by atoms with E-state index in [-0.39, 0.29) is 5.91 Å². The van der Waals surface area contributed by atoms with Crippen LogP contribution in [0.5, 0.6) is 0 Å². The van der Waals surface area contributed by atoms with E-state index < -0.39 is 0 Å². The van der Waals surface area contributed by atoms with E-state index in [9.17, 15) is 4.79 Å². The molecule has 1 aromatic carbocycles. The summed E-state index contributed by atoms with van der Waals surface area (Å²) in [6.45, 7) is 5.32. The number of hydrogen-bond acceptors (Lipinski definition) is 3. The Morgan fingerprint density at radius 1 is 1.20 bits per heavy atom. The number of carbonyl (C=O) groups excluding carboxylic acids is 1. The van der Waals surface area contributed by atoms with Gasteiger partial charge in [0, 0.05) is 31.0 Å². The Bertz CT molecular complexity index is 521. The van der Waals surface area contributed by atoms with Crippen molar-refractivity contribution in [3.8, 4) is 0 Å². The number of anilines is 2. The van der Waals surface area contributed by atoms with Crippen LogP contribution in [0.15, 0.2) is 12.1 Å². The predicted molar refractivity (Wildman–Crippen MR) is 81.9 cm³/mol. The molecular formula is C16H23N3O. The van der Waals surface area contributed by atoms with Gasteiger partial charge in [-0.2, -0.15) is 0 Å². The first kappa shape index (κ1) is 13.3. The van der Waals surface area contributed by atoms with E-state index in [1.54, 1.807) is 0 Å². The zero-order valence-corrected chi connectivity index (χ0v) is 12.2. The first-order valence-electron chi connectivity index (χ1n) is 7.57. The highest BCUT2D eigenvalue weighted by Gasteiger charge is 2.24. The highest BCUT2D eigenvalue weighted by atomic mass is 16.2. The van der Waals surface area contributed by atoms with Gasteiger partial charge in [-0.3, -0.25) is 4.79 Å². The average molecular weight is 273 g/mol. The van der Waals surface area contributed by atoms with Crippen LogP contribution < -0.4 is 10.6 Å². The first-order valence-corrected chi connectivity index (χ1v) is 7.57. The van der Waals surface area contributed by atoms with E-state index in [1.165, 1.54) is 12.0 Å². The van der Waals surface area contributed by atoms with Gasteiger partial charge < -0.3 is 15.5 Å². The number of aryl methyl sites for hydroxylation is 1. The Labute approximate surface area is 120 Å².